The lowest BCUT2D eigenvalue weighted by Crippen LogP contribution is -2.49. The van der Waals surface area contributed by atoms with E-state index >= 15 is 0 Å². The highest BCUT2D eigenvalue weighted by molar-refractivity contribution is 5.91. The van der Waals surface area contributed by atoms with Crippen LogP contribution in [-0.2, 0) is 14.4 Å². The molecule has 0 heterocycles. The van der Waals surface area contributed by atoms with Gasteiger partial charge in [0.15, 0.2) is 5.78 Å². The van der Waals surface area contributed by atoms with Gasteiger partial charge in [0.1, 0.15) is 0 Å². The summed E-state index contributed by atoms with van der Waals surface area (Å²) in [5, 5.41) is 5.33. The van der Waals surface area contributed by atoms with Gasteiger partial charge in [0.25, 0.3) is 0 Å². The lowest BCUT2D eigenvalue weighted by atomic mass is 9.95. The molecule has 2 amide bonds. The number of rotatable bonds is 6. The summed E-state index contributed by atoms with van der Waals surface area (Å²) < 4.78 is 0. The van der Waals surface area contributed by atoms with Gasteiger partial charge in [0.05, 0.1) is 18.6 Å². The quantitative estimate of drug-likeness (QED) is 0.601. The Morgan fingerprint density at radius 1 is 1.11 bits per heavy atom. The van der Waals surface area contributed by atoms with E-state index in [2.05, 4.69) is 10.6 Å². The Bertz CT molecular complexity index is 334. The molecule has 0 saturated carbocycles. The van der Waals surface area contributed by atoms with Gasteiger partial charge in [0.2, 0.25) is 11.8 Å². The largest absolute Gasteiger partial charge is 0.368 e. The first-order chi connectivity index (χ1) is 8.05. The number of amides is 2. The van der Waals surface area contributed by atoms with Gasteiger partial charge in [-0.3, -0.25) is 19.7 Å². The average Bonchev–Trinajstić information content (AvgIpc) is 2.23. The molecule has 0 aromatic rings. The number of carbonyl (C=O) groups is 3. The summed E-state index contributed by atoms with van der Waals surface area (Å²) in [6.45, 7) is 8.50. The molecule has 4 N–H and O–H groups in total. The molecule has 6 nitrogen and oxygen atoms in total. The molecule has 0 aromatic carbocycles. The third-order valence-electron chi connectivity index (χ3n) is 2.52. The molecule has 0 spiro atoms. The van der Waals surface area contributed by atoms with E-state index in [4.69, 9.17) is 5.73 Å². The van der Waals surface area contributed by atoms with Crippen LogP contribution in [0.3, 0.4) is 0 Å². The molecule has 0 bridgehead atoms. The Labute approximate surface area is 108 Å². The summed E-state index contributed by atoms with van der Waals surface area (Å²) in [5.41, 5.74) is 4.51. The molecule has 2 atom stereocenters. The van der Waals surface area contributed by atoms with Crippen molar-refractivity contribution in [2.45, 2.75) is 46.7 Å². The molecule has 0 saturated heterocycles. The van der Waals surface area contributed by atoms with Gasteiger partial charge in [-0.1, -0.05) is 20.8 Å². The minimum absolute atomic E-state index is 0.00427. The topological polar surface area (TPSA) is 101 Å². The second kappa shape index (κ2) is 6.49. The first-order valence-corrected chi connectivity index (χ1v) is 5.92. The predicted octanol–water partition coefficient (Wildman–Crippen LogP) is -0.430. The molecule has 0 aliphatic carbocycles. The van der Waals surface area contributed by atoms with Crippen LogP contribution in [-0.4, -0.2) is 36.2 Å². The number of primary amides is 1. The van der Waals surface area contributed by atoms with Crippen molar-refractivity contribution in [3.05, 3.63) is 0 Å². The molecule has 0 radical (unpaired) electrons. The van der Waals surface area contributed by atoms with Crippen LogP contribution >= 0.6 is 0 Å². The Morgan fingerprint density at radius 2 is 1.61 bits per heavy atom. The lowest BCUT2D eigenvalue weighted by Gasteiger charge is -2.21. The second-order valence-corrected chi connectivity index (χ2v) is 5.42. The van der Waals surface area contributed by atoms with Crippen LogP contribution in [0.25, 0.3) is 0 Å². The summed E-state index contributed by atoms with van der Waals surface area (Å²) in [5.74, 6) is -0.902. The molecule has 0 rings (SSSR count). The highest BCUT2D eigenvalue weighted by atomic mass is 16.2. The second-order valence-electron chi connectivity index (χ2n) is 5.42. The number of ketones is 1. The Morgan fingerprint density at radius 3 is 2.00 bits per heavy atom. The Balaban J connectivity index is 4.20. The Hall–Kier alpha value is -1.43. The Kier molecular flexibility index (Phi) is 5.97. The molecular formula is C12H23N3O3. The number of nitrogens with two attached hydrogens (primary N) is 1. The normalized spacial score (nSPS) is 14.7. The van der Waals surface area contributed by atoms with Gasteiger partial charge in [0, 0.05) is 5.41 Å². The van der Waals surface area contributed by atoms with E-state index in [-0.39, 0.29) is 18.2 Å². The zero-order valence-corrected chi connectivity index (χ0v) is 11.7. The van der Waals surface area contributed by atoms with E-state index in [0.717, 1.165) is 0 Å². The zero-order valence-electron chi connectivity index (χ0n) is 11.7. The molecule has 18 heavy (non-hydrogen) atoms. The number of Topliss-reactive ketones (excluding diaryl/α,β-unsaturated/α-hetero) is 1. The van der Waals surface area contributed by atoms with Crippen LogP contribution in [0.1, 0.15) is 34.6 Å². The fraction of sp³-hybridized carbons (Fsp3) is 0.750. The lowest BCUT2D eigenvalue weighted by molar-refractivity contribution is -0.132. The number of hydrogen-bond acceptors (Lipinski definition) is 4. The maximum Gasteiger partial charge on any atom is 0.234 e. The van der Waals surface area contributed by atoms with E-state index in [0.29, 0.717) is 0 Å². The highest BCUT2D eigenvalue weighted by Gasteiger charge is 2.25. The van der Waals surface area contributed by atoms with Gasteiger partial charge >= 0.3 is 0 Å². The first kappa shape index (κ1) is 16.6. The van der Waals surface area contributed by atoms with Crippen LogP contribution in [0.5, 0.6) is 0 Å². The van der Waals surface area contributed by atoms with E-state index < -0.39 is 23.4 Å². The van der Waals surface area contributed by atoms with Gasteiger partial charge in [-0.15, -0.1) is 0 Å². The van der Waals surface area contributed by atoms with Gasteiger partial charge in [-0.25, -0.2) is 0 Å². The molecule has 0 fully saturated rings. The van der Waals surface area contributed by atoms with Crippen molar-refractivity contribution < 1.29 is 14.4 Å². The third-order valence-corrected chi connectivity index (χ3v) is 2.52. The van der Waals surface area contributed by atoms with Gasteiger partial charge < -0.3 is 11.1 Å². The summed E-state index contributed by atoms with van der Waals surface area (Å²) in [7, 11) is 0. The standard InChI is InChI=1S/C12H23N3O3/c1-7(15-11(18)12(3,4)5)9(16)6-14-8(2)10(13)17/h7-8,14H,6H2,1-5H3,(H2,13,17)(H,15,18)/t7-,8-/m0/s1. The zero-order chi connectivity index (χ0) is 14.5. The SMILES string of the molecule is C[C@H](NCC(=O)[C@H](C)NC(=O)C(C)(C)C)C(N)=O. The minimum Gasteiger partial charge on any atom is -0.368 e. The molecule has 0 unspecified atom stereocenters. The first-order valence-electron chi connectivity index (χ1n) is 5.92. The van der Waals surface area contributed by atoms with Crippen molar-refractivity contribution in [2.24, 2.45) is 11.1 Å². The fourth-order valence-electron chi connectivity index (χ4n) is 1.00. The number of hydrogen-bond donors (Lipinski definition) is 3. The summed E-state index contributed by atoms with van der Waals surface area (Å²) >= 11 is 0. The van der Waals surface area contributed by atoms with Crippen molar-refractivity contribution in [1.29, 1.82) is 0 Å². The molecule has 104 valence electrons. The molecule has 6 heteroatoms. The minimum atomic E-state index is -0.593. The van der Waals surface area contributed by atoms with E-state index in [1.807, 2.05) is 0 Å². The van der Waals surface area contributed by atoms with Crippen molar-refractivity contribution in [2.75, 3.05) is 6.54 Å². The summed E-state index contributed by atoms with van der Waals surface area (Å²) in [6, 6.07) is -1.16. The van der Waals surface area contributed by atoms with Crippen LogP contribution in [0, 0.1) is 5.41 Å². The molecule has 0 aromatic heterocycles. The van der Waals surface area contributed by atoms with Crippen molar-refractivity contribution in [3.8, 4) is 0 Å². The van der Waals surface area contributed by atoms with Crippen LogP contribution in [0.15, 0.2) is 0 Å². The smallest absolute Gasteiger partial charge is 0.234 e. The predicted molar refractivity (Wildman–Crippen MR) is 68.7 cm³/mol. The van der Waals surface area contributed by atoms with Gasteiger partial charge in [-0.2, -0.15) is 0 Å². The van der Waals surface area contributed by atoms with Gasteiger partial charge in [-0.05, 0) is 13.8 Å². The summed E-state index contributed by atoms with van der Waals surface area (Å²) in [6.07, 6.45) is 0. The third kappa shape index (κ3) is 5.77. The van der Waals surface area contributed by atoms with Crippen LogP contribution in [0.4, 0.5) is 0 Å². The monoisotopic (exact) mass is 257 g/mol. The molecular weight excluding hydrogens is 234 g/mol. The van der Waals surface area contributed by atoms with Crippen LogP contribution < -0.4 is 16.4 Å². The van der Waals surface area contributed by atoms with Crippen molar-refractivity contribution in [3.63, 3.8) is 0 Å². The van der Waals surface area contributed by atoms with E-state index in [1.54, 1.807) is 34.6 Å². The maximum atomic E-state index is 11.7. The highest BCUT2D eigenvalue weighted by Crippen LogP contribution is 2.12. The fourth-order valence-corrected chi connectivity index (χ4v) is 1.00. The number of nitrogens with one attached hydrogen (secondary N) is 2. The number of carbonyl (C=O) groups excluding carboxylic acids is 3. The van der Waals surface area contributed by atoms with Crippen molar-refractivity contribution in [1.82, 2.24) is 10.6 Å². The molecule has 0 aliphatic heterocycles. The average molecular weight is 257 g/mol. The van der Waals surface area contributed by atoms with Crippen LogP contribution in [0.2, 0.25) is 0 Å². The van der Waals surface area contributed by atoms with E-state index in [1.165, 1.54) is 0 Å². The maximum absolute atomic E-state index is 11.7. The van der Waals surface area contributed by atoms with E-state index in [9.17, 15) is 14.4 Å². The van der Waals surface area contributed by atoms with Crippen molar-refractivity contribution >= 4 is 17.6 Å². The summed E-state index contributed by atoms with van der Waals surface area (Å²) in [4.78, 5) is 34.1. The molecule has 0 aliphatic rings.